The summed E-state index contributed by atoms with van der Waals surface area (Å²) in [7, 11) is 0. The average molecular weight is 143 g/mol. The molecule has 2 nitrogen and oxygen atoms in total. The molecule has 0 saturated heterocycles. The van der Waals surface area contributed by atoms with Crippen molar-refractivity contribution >= 4 is 17.7 Å². The first-order chi connectivity index (χ1) is 4.16. The Balaban J connectivity index is 3.50. The number of amides is 1. The zero-order valence-corrected chi connectivity index (χ0v) is 6.12. The Bertz CT molecular complexity index is 142. The van der Waals surface area contributed by atoms with Gasteiger partial charge in [0, 0.05) is 6.92 Å². The number of hydrogen-bond acceptors (Lipinski definition) is 2. The predicted octanol–water partition coefficient (Wildman–Crippen LogP) is 1.47. The summed E-state index contributed by atoms with van der Waals surface area (Å²) in [5.74, 6) is -0.102. The monoisotopic (exact) mass is 143 g/mol. The van der Waals surface area contributed by atoms with Crippen molar-refractivity contribution in [1.82, 2.24) is 5.32 Å². The molecule has 0 aliphatic carbocycles. The van der Waals surface area contributed by atoms with Crippen LogP contribution in [-0.4, -0.2) is 5.91 Å². The van der Waals surface area contributed by atoms with Crippen LogP contribution in [0.2, 0.25) is 0 Å². The van der Waals surface area contributed by atoms with Gasteiger partial charge < -0.3 is 5.32 Å². The van der Waals surface area contributed by atoms with Gasteiger partial charge in [0.1, 0.15) is 0 Å². The van der Waals surface area contributed by atoms with Crippen LogP contribution in [0.4, 0.5) is 0 Å². The Kier molecular flexibility index (Phi) is 3.88. The van der Waals surface area contributed by atoms with Gasteiger partial charge in [0.15, 0.2) is 0 Å². The normalized spacial score (nSPS) is 8.11. The number of thioether (sulfide) groups is 1. The Hall–Kier alpha value is -0.700. The summed E-state index contributed by atoms with van der Waals surface area (Å²) in [6.07, 6.45) is 0. The van der Waals surface area contributed by atoms with E-state index in [-0.39, 0.29) is 5.91 Å². The number of rotatable bonds is 3. The van der Waals surface area contributed by atoms with Gasteiger partial charge in [-0.1, -0.05) is 24.9 Å². The van der Waals surface area contributed by atoms with E-state index in [9.17, 15) is 4.79 Å². The second-order valence-corrected chi connectivity index (χ2v) is 2.45. The highest BCUT2D eigenvalue weighted by atomic mass is 32.2. The van der Waals surface area contributed by atoms with Crippen LogP contribution in [0.5, 0.6) is 0 Å². The van der Waals surface area contributed by atoms with Crippen molar-refractivity contribution in [1.29, 1.82) is 0 Å². The summed E-state index contributed by atoms with van der Waals surface area (Å²) in [6, 6.07) is 0. The molecule has 3 heteroatoms. The highest BCUT2D eigenvalue weighted by Crippen LogP contribution is 2.08. The topological polar surface area (TPSA) is 29.1 Å². The highest BCUT2D eigenvalue weighted by molar-refractivity contribution is 8.05. The number of carbonyl (C=O) groups is 1. The van der Waals surface area contributed by atoms with Crippen molar-refractivity contribution in [3.05, 3.63) is 23.6 Å². The zero-order chi connectivity index (χ0) is 7.28. The van der Waals surface area contributed by atoms with Gasteiger partial charge in [0.2, 0.25) is 5.91 Å². The predicted molar refractivity (Wildman–Crippen MR) is 40.7 cm³/mol. The lowest BCUT2D eigenvalue weighted by Gasteiger charge is -1.99. The number of nitrogens with one attached hydrogen (secondary N) is 1. The lowest BCUT2D eigenvalue weighted by atomic mass is 10.7. The molecule has 0 radical (unpaired) electrons. The Morgan fingerprint density at radius 3 is 2.67 bits per heavy atom. The van der Waals surface area contributed by atoms with E-state index in [1.54, 1.807) is 5.41 Å². The fraction of sp³-hybridized carbons (Fsp3) is 0.167. The van der Waals surface area contributed by atoms with Crippen LogP contribution < -0.4 is 5.32 Å². The maximum absolute atomic E-state index is 10.3. The fourth-order valence-corrected chi connectivity index (χ4v) is 0.730. The summed E-state index contributed by atoms with van der Waals surface area (Å²) >= 11 is 1.30. The molecule has 0 saturated carbocycles. The molecule has 0 aromatic carbocycles. The quantitative estimate of drug-likeness (QED) is 0.648. The van der Waals surface area contributed by atoms with Crippen LogP contribution in [0.25, 0.3) is 0 Å². The molecule has 0 heterocycles. The third-order valence-corrected chi connectivity index (χ3v) is 1.09. The van der Waals surface area contributed by atoms with Gasteiger partial charge in [0.25, 0.3) is 0 Å². The van der Waals surface area contributed by atoms with Crippen LogP contribution in [0, 0.1) is 0 Å². The Labute approximate surface area is 59.0 Å². The molecule has 0 fully saturated rings. The van der Waals surface area contributed by atoms with E-state index in [1.807, 2.05) is 0 Å². The minimum atomic E-state index is -0.102. The van der Waals surface area contributed by atoms with E-state index in [2.05, 4.69) is 18.5 Å². The SMILES string of the molecule is C=CSC(=C)NC(C)=O. The molecule has 1 amide bonds. The van der Waals surface area contributed by atoms with Gasteiger partial charge in [-0.2, -0.15) is 0 Å². The molecule has 0 unspecified atom stereocenters. The molecule has 0 bridgehead atoms. The van der Waals surface area contributed by atoms with Gasteiger partial charge in [-0.3, -0.25) is 4.79 Å². The Morgan fingerprint density at radius 2 is 2.33 bits per heavy atom. The van der Waals surface area contributed by atoms with E-state index in [4.69, 9.17) is 0 Å². The molecule has 0 atom stereocenters. The Morgan fingerprint density at radius 1 is 1.78 bits per heavy atom. The van der Waals surface area contributed by atoms with Crippen LogP contribution >= 0.6 is 11.8 Å². The number of carbonyl (C=O) groups excluding carboxylic acids is 1. The minimum Gasteiger partial charge on any atom is -0.321 e. The number of hydrogen-bond donors (Lipinski definition) is 1. The van der Waals surface area contributed by atoms with E-state index in [0.717, 1.165) is 0 Å². The van der Waals surface area contributed by atoms with Gasteiger partial charge in [0.05, 0.1) is 5.03 Å². The summed E-state index contributed by atoms with van der Waals surface area (Å²) in [4.78, 5) is 10.3. The summed E-state index contributed by atoms with van der Waals surface area (Å²) in [5, 5.41) is 4.72. The highest BCUT2D eigenvalue weighted by Gasteiger charge is 1.91. The third-order valence-electron chi connectivity index (χ3n) is 0.541. The zero-order valence-electron chi connectivity index (χ0n) is 5.31. The molecular weight excluding hydrogens is 134 g/mol. The van der Waals surface area contributed by atoms with Crippen molar-refractivity contribution < 1.29 is 4.79 Å². The lowest BCUT2D eigenvalue weighted by molar-refractivity contribution is -0.118. The largest absolute Gasteiger partial charge is 0.321 e. The van der Waals surface area contributed by atoms with E-state index < -0.39 is 0 Å². The fourth-order valence-electron chi connectivity index (χ4n) is 0.326. The van der Waals surface area contributed by atoms with Crippen molar-refractivity contribution in [2.45, 2.75) is 6.92 Å². The van der Waals surface area contributed by atoms with Gasteiger partial charge in [-0.15, -0.1) is 0 Å². The van der Waals surface area contributed by atoms with Crippen LogP contribution in [-0.2, 0) is 4.79 Å². The first-order valence-electron chi connectivity index (χ1n) is 2.41. The average Bonchev–Trinajstić information content (AvgIpc) is 1.63. The molecule has 0 aliphatic heterocycles. The molecule has 0 aromatic heterocycles. The minimum absolute atomic E-state index is 0.102. The van der Waals surface area contributed by atoms with Gasteiger partial charge >= 0.3 is 0 Å². The molecule has 1 N–H and O–H groups in total. The molecular formula is C6H9NOS. The van der Waals surface area contributed by atoms with Crippen molar-refractivity contribution in [2.24, 2.45) is 0 Å². The molecule has 0 rings (SSSR count). The first kappa shape index (κ1) is 8.30. The molecule has 9 heavy (non-hydrogen) atoms. The van der Waals surface area contributed by atoms with E-state index in [1.165, 1.54) is 18.7 Å². The van der Waals surface area contributed by atoms with E-state index >= 15 is 0 Å². The van der Waals surface area contributed by atoms with Crippen LogP contribution in [0.15, 0.2) is 23.6 Å². The van der Waals surface area contributed by atoms with Crippen molar-refractivity contribution in [2.75, 3.05) is 0 Å². The summed E-state index contributed by atoms with van der Waals surface area (Å²) in [5.41, 5.74) is 0. The van der Waals surface area contributed by atoms with Crippen LogP contribution in [0.1, 0.15) is 6.92 Å². The van der Waals surface area contributed by atoms with Gasteiger partial charge in [-0.25, -0.2) is 0 Å². The summed E-state index contributed by atoms with van der Waals surface area (Å²) < 4.78 is 0. The second kappa shape index (κ2) is 4.21. The van der Waals surface area contributed by atoms with E-state index in [0.29, 0.717) is 5.03 Å². The smallest absolute Gasteiger partial charge is 0.221 e. The molecule has 0 spiro atoms. The van der Waals surface area contributed by atoms with Gasteiger partial charge in [-0.05, 0) is 5.41 Å². The second-order valence-electron chi connectivity index (χ2n) is 1.39. The summed E-state index contributed by atoms with van der Waals surface area (Å²) in [6.45, 7) is 8.44. The maximum atomic E-state index is 10.3. The lowest BCUT2D eigenvalue weighted by Crippen LogP contribution is -2.15. The molecule has 0 aromatic rings. The van der Waals surface area contributed by atoms with Crippen molar-refractivity contribution in [3.63, 3.8) is 0 Å². The first-order valence-corrected chi connectivity index (χ1v) is 3.29. The molecule has 50 valence electrons. The standard InChI is InChI=1S/C6H9NOS/c1-4-9-6(3)7-5(2)8/h4H,1,3H2,2H3,(H,7,8). The third kappa shape index (κ3) is 5.17. The van der Waals surface area contributed by atoms with Crippen LogP contribution in [0.3, 0.4) is 0 Å². The maximum Gasteiger partial charge on any atom is 0.221 e. The molecule has 0 aliphatic rings. The van der Waals surface area contributed by atoms with Crippen molar-refractivity contribution in [3.8, 4) is 0 Å².